The van der Waals surface area contributed by atoms with Gasteiger partial charge in [0.2, 0.25) is 0 Å². The Labute approximate surface area is 297 Å². The third kappa shape index (κ3) is 6.61. The number of carbonyl (C=O) groups excluding carboxylic acids is 3. The number of benzene rings is 4. The molecule has 0 atom stereocenters. The summed E-state index contributed by atoms with van der Waals surface area (Å²) in [5, 5.41) is 7.03. The molecule has 0 radical (unpaired) electrons. The van der Waals surface area contributed by atoms with E-state index in [4.69, 9.17) is 14.6 Å². The van der Waals surface area contributed by atoms with Crippen molar-refractivity contribution in [2.45, 2.75) is 52.4 Å². The maximum absolute atomic E-state index is 13.0. The molecule has 2 aromatic heterocycles. The number of fused-ring (bicyclic) bond motifs is 3. The number of aromatic nitrogens is 2. The minimum atomic E-state index is -0.457. The van der Waals surface area contributed by atoms with Crippen molar-refractivity contribution in [1.82, 2.24) is 14.5 Å². The fourth-order valence-corrected chi connectivity index (χ4v) is 7.39. The van der Waals surface area contributed by atoms with Crippen LogP contribution in [0.25, 0.3) is 27.5 Å². The van der Waals surface area contributed by atoms with Crippen LogP contribution in [0.4, 0.5) is 0 Å². The zero-order chi connectivity index (χ0) is 35.5. The van der Waals surface area contributed by atoms with Gasteiger partial charge in [0, 0.05) is 23.1 Å². The van der Waals surface area contributed by atoms with E-state index in [0.29, 0.717) is 42.8 Å². The first-order valence-corrected chi connectivity index (χ1v) is 17.6. The molecule has 51 heavy (non-hydrogen) atoms. The summed E-state index contributed by atoms with van der Waals surface area (Å²) >= 11 is 0. The van der Waals surface area contributed by atoms with Gasteiger partial charge in [-0.2, -0.15) is 5.10 Å². The van der Waals surface area contributed by atoms with Crippen molar-refractivity contribution >= 4 is 34.1 Å². The molecule has 8 heteroatoms. The van der Waals surface area contributed by atoms with Crippen LogP contribution >= 0.6 is 0 Å². The third-order valence-electron chi connectivity index (χ3n) is 9.79. The molecule has 1 aliphatic heterocycles. The van der Waals surface area contributed by atoms with E-state index < -0.39 is 5.97 Å². The van der Waals surface area contributed by atoms with Crippen molar-refractivity contribution in [2.24, 2.45) is 0 Å². The summed E-state index contributed by atoms with van der Waals surface area (Å²) in [7, 11) is 1.39. The van der Waals surface area contributed by atoms with Crippen LogP contribution in [0.3, 0.4) is 0 Å². The van der Waals surface area contributed by atoms with Gasteiger partial charge in [0.15, 0.2) is 5.69 Å². The van der Waals surface area contributed by atoms with E-state index in [-0.39, 0.29) is 11.8 Å². The molecule has 0 saturated heterocycles. The number of methoxy groups -OCH3 is 1. The Hall–Kier alpha value is -5.76. The minimum absolute atomic E-state index is 0.193. The third-order valence-corrected chi connectivity index (χ3v) is 9.79. The SMILES string of the molecule is COC(=O)c1nn2c(-c3c(C)cc(CCCCCN4C(=O)c5ccccc5C4=O)cc3C)cccc2c1CCCOc1cccc2ccccc12. The molecule has 258 valence electrons. The van der Waals surface area contributed by atoms with Crippen LogP contribution < -0.4 is 4.74 Å². The molecule has 0 fully saturated rings. The summed E-state index contributed by atoms with van der Waals surface area (Å²) in [5.41, 5.74) is 8.54. The number of imide groups is 1. The van der Waals surface area contributed by atoms with Gasteiger partial charge in [-0.1, -0.05) is 73.2 Å². The summed E-state index contributed by atoms with van der Waals surface area (Å²) in [6.07, 6.45) is 4.82. The van der Waals surface area contributed by atoms with Gasteiger partial charge >= 0.3 is 5.97 Å². The number of carbonyl (C=O) groups is 3. The molecular formula is C43H41N3O5. The van der Waals surface area contributed by atoms with Crippen molar-refractivity contribution in [3.63, 3.8) is 0 Å². The number of ether oxygens (including phenoxy) is 2. The largest absolute Gasteiger partial charge is 0.493 e. The van der Waals surface area contributed by atoms with E-state index in [1.807, 2.05) is 47.0 Å². The lowest BCUT2D eigenvalue weighted by atomic mass is 9.94. The Kier molecular flexibility index (Phi) is 9.66. The van der Waals surface area contributed by atoms with Crippen LogP contribution in [0, 0.1) is 13.8 Å². The van der Waals surface area contributed by atoms with Gasteiger partial charge in [-0.15, -0.1) is 0 Å². The van der Waals surface area contributed by atoms with Crippen LogP contribution in [0.2, 0.25) is 0 Å². The van der Waals surface area contributed by atoms with Gasteiger partial charge < -0.3 is 9.47 Å². The highest BCUT2D eigenvalue weighted by Crippen LogP contribution is 2.32. The van der Waals surface area contributed by atoms with Gasteiger partial charge in [0.1, 0.15) is 5.75 Å². The lowest BCUT2D eigenvalue weighted by molar-refractivity contribution is 0.0590. The molecular weight excluding hydrogens is 638 g/mol. The number of amides is 2. The lowest BCUT2D eigenvalue weighted by Gasteiger charge is -2.15. The zero-order valence-corrected chi connectivity index (χ0v) is 29.3. The molecule has 1 aliphatic rings. The molecule has 0 unspecified atom stereocenters. The second kappa shape index (κ2) is 14.6. The molecule has 7 rings (SSSR count). The topological polar surface area (TPSA) is 90.2 Å². The monoisotopic (exact) mass is 679 g/mol. The molecule has 4 aromatic carbocycles. The van der Waals surface area contributed by atoms with E-state index in [9.17, 15) is 14.4 Å². The van der Waals surface area contributed by atoms with Gasteiger partial charge in [-0.25, -0.2) is 9.31 Å². The van der Waals surface area contributed by atoms with Crippen molar-refractivity contribution in [2.75, 3.05) is 20.3 Å². The smallest absolute Gasteiger partial charge is 0.358 e. The van der Waals surface area contributed by atoms with E-state index in [1.54, 1.807) is 24.3 Å². The number of esters is 1. The molecule has 8 nitrogen and oxygen atoms in total. The zero-order valence-electron chi connectivity index (χ0n) is 29.3. The number of aryl methyl sites for hydroxylation is 4. The van der Waals surface area contributed by atoms with E-state index >= 15 is 0 Å². The summed E-state index contributed by atoms with van der Waals surface area (Å²) in [6, 6.07) is 31.8. The average molecular weight is 680 g/mol. The number of rotatable bonds is 13. The highest BCUT2D eigenvalue weighted by atomic mass is 16.5. The van der Waals surface area contributed by atoms with Crippen LogP contribution in [0.15, 0.2) is 97.1 Å². The van der Waals surface area contributed by atoms with E-state index in [1.165, 1.54) is 17.6 Å². The number of nitrogens with zero attached hydrogens (tertiary/aromatic N) is 3. The molecule has 0 saturated carbocycles. The molecule has 6 aromatic rings. The highest BCUT2D eigenvalue weighted by molar-refractivity contribution is 6.21. The normalized spacial score (nSPS) is 12.6. The predicted molar refractivity (Wildman–Crippen MR) is 199 cm³/mol. The van der Waals surface area contributed by atoms with Gasteiger partial charge in [0.25, 0.3) is 11.8 Å². The second-order valence-electron chi connectivity index (χ2n) is 13.2. The molecule has 0 aliphatic carbocycles. The van der Waals surface area contributed by atoms with Gasteiger partial charge in [0.05, 0.1) is 36.1 Å². The van der Waals surface area contributed by atoms with Gasteiger partial charge in [-0.05, 0) is 98.4 Å². The van der Waals surface area contributed by atoms with Crippen LogP contribution in [-0.4, -0.2) is 52.6 Å². The molecule has 0 spiro atoms. The first kappa shape index (κ1) is 33.7. The Morgan fingerprint density at radius 2 is 1.43 bits per heavy atom. The van der Waals surface area contributed by atoms with Crippen molar-refractivity contribution in [1.29, 1.82) is 0 Å². The summed E-state index contributed by atoms with van der Waals surface area (Å²) in [4.78, 5) is 39.7. The first-order valence-electron chi connectivity index (χ1n) is 17.6. The number of pyridine rings is 1. The van der Waals surface area contributed by atoms with Crippen LogP contribution in [0.1, 0.15) is 79.1 Å². The second-order valence-corrected chi connectivity index (χ2v) is 13.2. The van der Waals surface area contributed by atoms with Crippen molar-refractivity contribution in [3.8, 4) is 17.0 Å². The van der Waals surface area contributed by atoms with Crippen molar-refractivity contribution in [3.05, 3.63) is 136 Å². The number of hydrogen-bond donors (Lipinski definition) is 0. The Morgan fingerprint density at radius 3 is 2.18 bits per heavy atom. The Balaban J connectivity index is 1.03. The predicted octanol–water partition coefficient (Wildman–Crippen LogP) is 8.58. The van der Waals surface area contributed by atoms with Crippen LogP contribution in [-0.2, 0) is 17.6 Å². The average Bonchev–Trinajstić information content (AvgIpc) is 3.63. The fourth-order valence-electron chi connectivity index (χ4n) is 7.39. The minimum Gasteiger partial charge on any atom is -0.493 e. The standard InChI is InChI=1S/C43H41N3O5/c1-28-26-30(14-5-4-10-24-45-41(47)33-18-8-9-19-34(33)42(45)48)27-29(2)39(28)37-22-12-21-36-35(40(43(49)50-3)44-46(36)37)20-13-25-51-38-23-11-16-31-15-6-7-17-32(31)38/h6-9,11-12,15-19,21-23,26-27H,4-5,10,13-14,20,24-25H2,1-3H3. The van der Waals surface area contributed by atoms with Crippen LogP contribution in [0.5, 0.6) is 5.75 Å². The first-order chi connectivity index (χ1) is 24.9. The molecule has 2 amide bonds. The maximum Gasteiger partial charge on any atom is 0.358 e. The number of hydrogen-bond acceptors (Lipinski definition) is 6. The molecule has 0 N–H and O–H groups in total. The Morgan fingerprint density at radius 1 is 0.745 bits per heavy atom. The number of unbranched alkanes of at least 4 members (excludes halogenated alkanes) is 2. The lowest BCUT2D eigenvalue weighted by Crippen LogP contribution is -2.30. The quantitative estimate of drug-likeness (QED) is 0.0690. The van der Waals surface area contributed by atoms with E-state index in [2.05, 4.69) is 44.2 Å². The maximum atomic E-state index is 13.0. The van der Waals surface area contributed by atoms with E-state index in [0.717, 1.165) is 75.7 Å². The van der Waals surface area contributed by atoms with Crippen molar-refractivity contribution < 1.29 is 23.9 Å². The molecule has 3 heterocycles. The summed E-state index contributed by atoms with van der Waals surface area (Å²) in [5.74, 6) is 0.00314. The van der Waals surface area contributed by atoms with Gasteiger partial charge in [-0.3, -0.25) is 14.5 Å². The summed E-state index contributed by atoms with van der Waals surface area (Å²) in [6.45, 7) is 5.16. The Bertz CT molecular complexity index is 2220. The fraction of sp³-hybridized carbons (Fsp3) is 0.256. The summed E-state index contributed by atoms with van der Waals surface area (Å²) < 4.78 is 13.2. The highest BCUT2D eigenvalue weighted by Gasteiger charge is 2.34. The molecule has 0 bridgehead atoms.